The van der Waals surface area contributed by atoms with Crippen LogP contribution in [-0.4, -0.2) is 49.8 Å². The Hall–Kier alpha value is 0.0600. The van der Waals surface area contributed by atoms with Gasteiger partial charge in [0.1, 0.15) is 0 Å². The summed E-state index contributed by atoms with van der Waals surface area (Å²) >= 11 is 5.46. The van der Waals surface area contributed by atoms with Crippen molar-refractivity contribution in [2.45, 2.75) is 38.8 Å². The molecular weight excluding hydrogens is 336 g/mol. The Labute approximate surface area is 134 Å². The molecule has 2 unspecified atom stereocenters. The monoisotopic (exact) mass is 360 g/mol. The SMILES string of the molecule is CCCN1CCOC(C(Cc2sccc2Br)NCC)C1. The molecule has 1 aliphatic rings. The van der Waals surface area contributed by atoms with Crippen molar-refractivity contribution in [3.05, 3.63) is 20.8 Å². The van der Waals surface area contributed by atoms with Gasteiger partial charge in [0.2, 0.25) is 0 Å². The molecule has 1 aromatic rings. The van der Waals surface area contributed by atoms with E-state index >= 15 is 0 Å². The molecule has 0 amide bonds. The lowest BCUT2D eigenvalue weighted by Crippen LogP contribution is -2.53. The van der Waals surface area contributed by atoms with Crippen molar-refractivity contribution in [3.8, 4) is 0 Å². The van der Waals surface area contributed by atoms with E-state index in [0.717, 1.165) is 32.7 Å². The summed E-state index contributed by atoms with van der Waals surface area (Å²) in [7, 11) is 0. The maximum atomic E-state index is 6.04. The number of thiophene rings is 1. The Balaban J connectivity index is 1.98. The molecule has 1 N–H and O–H groups in total. The van der Waals surface area contributed by atoms with E-state index in [4.69, 9.17) is 4.74 Å². The number of nitrogens with zero attached hydrogens (tertiary/aromatic N) is 1. The topological polar surface area (TPSA) is 24.5 Å². The fourth-order valence-corrected chi connectivity index (χ4v) is 4.34. The van der Waals surface area contributed by atoms with Gasteiger partial charge >= 0.3 is 0 Å². The molecule has 2 atom stereocenters. The van der Waals surface area contributed by atoms with Crippen LogP contribution in [0.5, 0.6) is 0 Å². The maximum absolute atomic E-state index is 6.04. The lowest BCUT2D eigenvalue weighted by atomic mass is 10.0. The van der Waals surface area contributed by atoms with E-state index in [9.17, 15) is 0 Å². The molecule has 2 rings (SSSR count). The summed E-state index contributed by atoms with van der Waals surface area (Å²) < 4.78 is 7.27. The highest BCUT2D eigenvalue weighted by molar-refractivity contribution is 9.10. The molecule has 3 nitrogen and oxygen atoms in total. The Morgan fingerprint density at radius 2 is 2.40 bits per heavy atom. The van der Waals surface area contributed by atoms with Crippen molar-refractivity contribution in [3.63, 3.8) is 0 Å². The fraction of sp³-hybridized carbons (Fsp3) is 0.733. The number of hydrogen-bond acceptors (Lipinski definition) is 4. The number of morpholine rings is 1. The second kappa shape index (κ2) is 8.49. The van der Waals surface area contributed by atoms with Crippen LogP contribution in [0.1, 0.15) is 25.1 Å². The molecule has 20 heavy (non-hydrogen) atoms. The van der Waals surface area contributed by atoms with Crippen LogP contribution in [0.15, 0.2) is 15.9 Å². The van der Waals surface area contributed by atoms with Crippen LogP contribution in [0.4, 0.5) is 0 Å². The lowest BCUT2D eigenvalue weighted by Gasteiger charge is -2.37. The molecule has 0 bridgehead atoms. The number of halogens is 1. The number of ether oxygens (including phenoxy) is 1. The molecule has 0 spiro atoms. The first-order valence-electron chi connectivity index (χ1n) is 7.53. The molecule has 0 radical (unpaired) electrons. The van der Waals surface area contributed by atoms with Crippen LogP contribution >= 0.6 is 27.3 Å². The number of hydrogen-bond donors (Lipinski definition) is 1. The number of rotatable bonds is 7. The van der Waals surface area contributed by atoms with E-state index in [2.05, 4.69) is 51.4 Å². The van der Waals surface area contributed by atoms with Gasteiger partial charge in [0, 0.05) is 34.9 Å². The van der Waals surface area contributed by atoms with Crippen LogP contribution in [0, 0.1) is 0 Å². The second-order valence-corrected chi connectivity index (χ2v) is 7.12. The predicted molar refractivity (Wildman–Crippen MR) is 89.7 cm³/mol. The van der Waals surface area contributed by atoms with Gasteiger partial charge in [-0.25, -0.2) is 0 Å². The average molecular weight is 361 g/mol. The van der Waals surface area contributed by atoms with E-state index in [1.165, 1.54) is 22.3 Å². The van der Waals surface area contributed by atoms with Crippen LogP contribution in [-0.2, 0) is 11.2 Å². The first-order valence-corrected chi connectivity index (χ1v) is 9.21. The number of nitrogens with one attached hydrogen (secondary N) is 1. The summed E-state index contributed by atoms with van der Waals surface area (Å²) in [6, 6.07) is 2.53. The molecule has 5 heteroatoms. The molecular formula is C15H25BrN2OS. The van der Waals surface area contributed by atoms with E-state index in [-0.39, 0.29) is 0 Å². The van der Waals surface area contributed by atoms with Crippen LogP contribution in [0.3, 0.4) is 0 Å². The van der Waals surface area contributed by atoms with Gasteiger partial charge in [0.25, 0.3) is 0 Å². The standard InChI is InChI=1S/C15H25BrN2OS/c1-3-6-18-7-8-19-14(11-18)13(17-4-2)10-15-12(16)5-9-20-15/h5,9,13-14,17H,3-4,6-8,10-11H2,1-2H3. The highest BCUT2D eigenvalue weighted by Gasteiger charge is 2.28. The van der Waals surface area contributed by atoms with Gasteiger partial charge in [-0.1, -0.05) is 13.8 Å². The van der Waals surface area contributed by atoms with Gasteiger partial charge < -0.3 is 10.1 Å². The lowest BCUT2D eigenvalue weighted by molar-refractivity contribution is -0.0458. The minimum absolute atomic E-state index is 0.296. The maximum Gasteiger partial charge on any atom is 0.0858 e. The Kier molecular flexibility index (Phi) is 6.97. The summed E-state index contributed by atoms with van der Waals surface area (Å²) in [5.74, 6) is 0. The van der Waals surface area contributed by atoms with Gasteiger partial charge in [0.15, 0.2) is 0 Å². The average Bonchev–Trinajstić information content (AvgIpc) is 2.85. The smallest absolute Gasteiger partial charge is 0.0858 e. The first-order chi connectivity index (χ1) is 9.74. The third-order valence-electron chi connectivity index (χ3n) is 3.73. The second-order valence-electron chi connectivity index (χ2n) is 5.27. The van der Waals surface area contributed by atoms with Crippen LogP contribution < -0.4 is 5.32 Å². The Bertz CT molecular complexity index is 397. The summed E-state index contributed by atoms with van der Waals surface area (Å²) in [4.78, 5) is 3.94. The first kappa shape index (κ1) is 16.4. The summed E-state index contributed by atoms with van der Waals surface area (Å²) in [6.07, 6.45) is 2.55. The molecule has 1 aromatic heterocycles. The van der Waals surface area contributed by atoms with E-state index in [1.54, 1.807) is 0 Å². The van der Waals surface area contributed by atoms with Crippen molar-refractivity contribution in [2.75, 3.05) is 32.8 Å². The minimum Gasteiger partial charge on any atom is -0.374 e. The van der Waals surface area contributed by atoms with Crippen molar-refractivity contribution in [1.82, 2.24) is 10.2 Å². The van der Waals surface area contributed by atoms with Crippen molar-refractivity contribution < 1.29 is 4.74 Å². The zero-order valence-electron chi connectivity index (χ0n) is 12.4. The highest BCUT2D eigenvalue weighted by Crippen LogP contribution is 2.25. The zero-order valence-corrected chi connectivity index (χ0v) is 14.8. The zero-order chi connectivity index (χ0) is 14.4. The van der Waals surface area contributed by atoms with Gasteiger partial charge in [-0.2, -0.15) is 0 Å². The van der Waals surface area contributed by atoms with E-state index in [0.29, 0.717) is 12.1 Å². The highest BCUT2D eigenvalue weighted by atomic mass is 79.9. The summed E-state index contributed by atoms with van der Waals surface area (Å²) in [6.45, 7) is 9.57. The van der Waals surface area contributed by atoms with Crippen LogP contribution in [0.25, 0.3) is 0 Å². The van der Waals surface area contributed by atoms with Crippen LogP contribution in [0.2, 0.25) is 0 Å². The van der Waals surface area contributed by atoms with Gasteiger partial charge in [-0.05, 0) is 46.9 Å². The summed E-state index contributed by atoms with van der Waals surface area (Å²) in [5, 5.41) is 5.76. The largest absolute Gasteiger partial charge is 0.374 e. The quantitative estimate of drug-likeness (QED) is 0.808. The molecule has 1 saturated heterocycles. The third kappa shape index (κ3) is 4.53. The van der Waals surface area contributed by atoms with Crippen molar-refractivity contribution >= 4 is 27.3 Å². The molecule has 0 aromatic carbocycles. The van der Waals surface area contributed by atoms with E-state index < -0.39 is 0 Å². The van der Waals surface area contributed by atoms with Gasteiger partial charge in [0.05, 0.1) is 12.7 Å². The molecule has 0 aliphatic carbocycles. The fourth-order valence-electron chi connectivity index (χ4n) is 2.76. The minimum atomic E-state index is 0.296. The van der Waals surface area contributed by atoms with Gasteiger partial charge in [-0.3, -0.25) is 4.90 Å². The normalized spacial score (nSPS) is 22.1. The van der Waals surface area contributed by atoms with Gasteiger partial charge in [-0.15, -0.1) is 11.3 Å². The van der Waals surface area contributed by atoms with Crippen molar-refractivity contribution in [2.24, 2.45) is 0 Å². The molecule has 2 heterocycles. The number of likely N-dealkylation sites (N-methyl/N-ethyl adjacent to an activating group) is 1. The Morgan fingerprint density at radius 1 is 1.55 bits per heavy atom. The Morgan fingerprint density at radius 3 is 3.05 bits per heavy atom. The molecule has 0 saturated carbocycles. The third-order valence-corrected chi connectivity index (χ3v) is 5.68. The van der Waals surface area contributed by atoms with E-state index in [1.807, 2.05) is 11.3 Å². The molecule has 1 fully saturated rings. The predicted octanol–water partition coefficient (Wildman–Crippen LogP) is 3.14. The molecule has 114 valence electrons. The molecule has 1 aliphatic heterocycles. The summed E-state index contributed by atoms with van der Waals surface area (Å²) in [5.41, 5.74) is 0. The van der Waals surface area contributed by atoms with Crippen molar-refractivity contribution in [1.29, 1.82) is 0 Å².